The Labute approximate surface area is 169 Å². The van der Waals surface area contributed by atoms with Crippen molar-refractivity contribution in [2.75, 3.05) is 25.0 Å². The van der Waals surface area contributed by atoms with Crippen molar-refractivity contribution in [1.82, 2.24) is 14.7 Å². The Morgan fingerprint density at radius 1 is 1.44 bits per heavy atom. The molecule has 0 amide bonds. The van der Waals surface area contributed by atoms with Gasteiger partial charge in [-0.2, -0.15) is 0 Å². The maximum Gasteiger partial charge on any atom is 0.310 e. The van der Waals surface area contributed by atoms with Gasteiger partial charge in [-0.1, -0.05) is 23.5 Å². The summed E-state index contributed by atoms with van der Waals surface area (Å²) >= 11 is 6.96. The van der Waals surface area contributed by atoms with Crippen LogP contribution in [0.1, 0.15) is 30.9 Å². The highest BCUT2D eigenvalue weighted by Crippen LogP contribution is 2.25. The van der Waals surface area contributed by atoms with Gasteiger partial charge in [0.15, 0.2) is 3.95 Å². The fraction of sp³-hybridized carbons (Fsp3) is 0.526. The zero-order valence-corrected chi connectivity index (χ0v) is 17.7. The van der Waals surface area contributed by atoms with E-state index in [9.17, 15) is 4.79 Å². The lowest BCUT2D eigenvalue weighted by atomic mass is 9.99. The molecule has 1 N–H and O–H groups in total. The molecule has 3 rings (SSSR count). The van der Waals surface area contributed by atoms with Crippen LogP contribution >= 0.6 is 23.6 Å². The first-order valence-corrected chi connectivity index (χ1v) is 10.5. The number of anilines is 2. The van der Waals surface area contributed by atoms with Gasteiger partial charge in [-0.3, -0.25) is 9.69 Å². The average molecular weight is 407 g/mol. The van der Waals surface area contributed by atoms with E-state index in [0.717, 1.165) is 34.2 Å². The van der Waals surface area contributed by atoms with Crippen LogP contribution in [0.25, 0.3) is 0 Å². The third-order valence-corrected chi connectivity index (χ3v) is 6.14. The fourth-order valence-electron chi connectivity index (χ4n) is 3.27. The van der Waals surface area contributed by atoms with Crippen LogP contribution in [-0.4, -0.2) is 40.3 Å². The molecule has 27 heavy (non-hydrogen) atoms. The molecule has 0 bridgehead atoms. The standard InChI is InChI=1S/C19H26N4O2S2/c1-4-25-17(24)15-8-6-10-22(11-15)12-23-19(26)27-18(21-23)20-16-9-5-7-13(2)14(16)3/h5,7,9,15H,4,6,8,10-12H2,1-3H3,(H,20,21)/t15-/m0/s1. The highest BCUT2D eigenvalue weighted by molar-refractivity contribution is 7.73. The molecule has 0 aliphatic carbocycles. The number of hydrogen-bond acceptors (Lipinski definition) is 7. The summed E-state index contributed by atoms with van der Waals surface area (Å²) in [5, 5.41) is 8.81. The quantitative estimate of drug-likeness (QED) is 0.571. The number of esters is 1. The Balaban J connectivity index is 1.67. The van der Waals surface area contributed by atoms with Crippen LogP contribution in [0, 0.1) is 23.7 Å². The number of hydrogen-bond donors (Lipinski definition) is 1. The SMILES string of the molecule is CCOC(=O)[C@H]1CCCN(Cn2nc(Nc3cccc(C)c3C)sc2=S)C1. The van der Waals surface area contributed by atoms with Gasteiger partial charge >= 0.3 is 5.97 Å². The number of ether oxygens (including phenoxy) is 1. The van der Waals surface area contributed by atoms with Gasteiger partial charge in [-0.25, -0.2) is 4.68 Å². The van der Waals surface area contributed by atoms with Crippen LogP contribution in [0.3, 0.4) is 0 Å². The normalized spacial score (nSPS) is 17.7. The van der Waals surface area contributed by atoms with E-state index in [0.29, 0.717) is 19.8 Å². The van der Waals surface area contributed by atoms with E-state index in [1.165, 1.54) is 22.5 Å². The molecule has 6 nitrogen and oxygen atoms in total. The van der Waals surface area contributed by atoms with Crippen LogP contribution in [-0.2, 0) is 16.2 Å². The summed E-state index contributed by atoms with van der Waals surface area (Å²) in [6.45, 7) is 8.69. The third-order valence-electron chi connectivity index (χ3n) is 4.91. The average Bonchev–Trinajstić information content (AvgIpc) is 2.98. The van der Waals surface area contributed by atoms with Crippen LogP contribution in [0.2, 0.25) is 0 Å². The molecular formula is C19H26N4O2S2. The highest BCUT2D eigenvalue weighted by atomic mass is 32.1. The maximum atomic E-state index is 12.0. The van der Waals surface area contributed by atoms with Crippen molar-refractivity contribution in [2.45, 2.75) is 40.3 Å². The summed E-state index contributed by atoms with van der Waals surface area (Å²) in [6, 6.07) is 6.17. The molecule has 2 aromatic rings. The molecule has 0 unspecified atom stereocenters. The van der Waals surface area contributed by atoms with Gasteiger partial charge in [-0.05, 0) is 69.6 Å². The summed E-state index contributed by atoms with van der Waals surface area (Å²) in [6.07, 6.45) is 1.87. The molecule has 1 saturated heterocycles. The molecule has 0 saturated carbocycles. The summed E-state index contributed by atoms with van der Waals surface area (Å²) in [5.74, 6) is -0.152. The number of benzene rings is 1. The first-order chi connectivity index (χ1) is 13.0. The predicted octanol–water partition coefficient (Wildman–Crippen LogP) is 4.27. The van der Waals surface area contributed by atoms with Crippen molar-refractivity contribution in [3.05, 3.63) is 33.3 Å². The molecule has 0 spiro atoms. The summed E-state index contributed by atoms with van der Waals surface area (Å²) in [4.78, 5) is 14.3. The molecule has 1 atom stereocenters. The minimum Gasteiger partial charge on any atom is -0.466 e. The van der Waals surface area contributed by atoms with Gasteiger partial charge in [0.05, 0.1) is 19.2 Å². The van der Waals surface area contributed by atoms with Crippen molar-refractivity contribution >= 4 is 40.3 Å². The smallest absolute Gasteiger partial charge is 0.310 e. The summed E-state index contributed by atoms with van der Waals surface area (Å²) in [7, 11) is 0. The zero-order valence-electron chi connectivity index (χ0n) is 16.0. The molecule has 1 aliphatic heterocycles. The van der Waals surface area contributed by atoms with E-state index in [1.54, 1.807) is 0 Å². The fourth-order valence-corrected chi connectivity index (χ4v) is 4.28. The Kier molecular flexibility index (Phi) is 6.62. The topological polar surface area (TPSA) is 59.4 Å². The number of aryl methyl sites for hydroxylation is 1. The van der Waals surface area contributed by atoms with Gasteiger partial charge in [0, 0.05) is 12.2 Å². The number of nitrogens with zero attached hydrogens (tertiary/aromatic N) is 3. The van der Waals surface area contributed by atoms with Crippen LogP contribution < -0.4 is 5.32 Å². The van der Waals surface area contributed by atoms with E-state index in [1.807, 2.05) is 23.7 Å². The Morgan fingerprint density at radius 2 is 2.26 bits per heavy atom. The van der Waals surface area contributed by atoms with Crippen molar-refractivity contribution in [2.24, 2.45) is 5.92 Å². The third kappa shape index (κ3) is 4.94. The first kappa shape index (κ1) is 20.0. The highest BCUT2D eigenvalue weighted by Gasteiger charge is 2.27. The van der Waals surface area contributed by atoms with E-state index in [2.05, 4.69) is 35.2 Å². The minimum atomic E-state index is -0.0960. The van der Waals surface area contributed by atoms with E-state index >= 15 is 0 Å². The Bertz CT molecular complexity index is 862. The van der Waals surface area contributed by atoms with Gasteiger partial charge < -0.3 is 10.1 Å². The van der Waals surface area contributed by atoms with Crippen LogP contribution in [0.5, 0.6) is 0 Å². The molecule has 1 aliphatic rings. The Hall–Kier alpha value is -1.77. The van der Waals surface area contributed by atoms with E-state index in [4.69, 9.17) is 17.0 Å². The van der Waals surface area contributed by atoms with Gasteiger partial charge in [-0.15, -0.1) is 5.10 Å². The van der Waals surface area contributed by atoms with Crippen molar-refractivity contribution in [3.8, 4) is 0 Å². The lowest BCUT2D eigenvalue weighted by Crippen LogP contribution is -2.40. The monoisotopic (exact) mass is 406 g/mol. The van der Waals surface area contributed by atoms with Gasteiger partial charge in [0.1, 0.15) is 0 Å². The number of nitrogens with one attached hydrogen (secondary N) is 1. The number of aromatic nitrogens is 2. The molecule has 1 aromatic heterocycles. The molecular weight excluding hydrogens is 380 g/mol. The number of rotatable bonds is 6. The molecule has 146 valence electrons. The van der Waals surface area contributed by atoms with Crippen molar-refractivity contribution < 1.29 is 9.53 Å². The van der Waals surface area contributed by atoms with E-state index < -0.39 is 0 Å². The number of carbonyl (C=O) groups is 1. The van der Waals surface area contributed by atoms with E-state index in [-0.39, 0.29) is 11.9 Å². The second-order valence-electron chi connectivity index (χ2n) is 6.85. The largest absolute Gasteiger partial charge is 0.466 e. The molecule has 1 aromatic carbocycles. The Morgan fingerprint density at radius 3 is 3.04 bits per heavy atom. The van der Waals surface area contributed by atoms with Crippen LogP contribution in [0.4, 0.5) is 10.8 Å². The number of carbonyl (C=O) groups excluding carboxylic acids is 1. The lowest BCUT2D eigenvalue weighted by molar-refractivity contribution is -0.150. The minimum absolute atomic E-state index is 0.0564. The maximum absolute atomic E-state index is 12.0. The molecule has 2 heterocycles. The predicted molar refractivity (Wildman–Crippen MR) is 111 cm³/mol. The molecule has 8 heteroatoms. The van der Waals surface area contributed by atoms with Gasteiger partial charge in [0.25, 0.3) is 0 Å². The zero-order chi connectivity index (χ0) is 19.4. The van der Waals surface area contributed by atoms with Crippen molar-refractivity contribution in [3.63, 3.8) is 0 Å². The lowest BCUT2D eigenvalue weighted by Gasteiger charge is -2.31. The van der Waals surface area contributed by atoms with Crippen LogP contribution in [0.15, 0.2) is 18.2 Å². The second-order valence-corrected chi connectivity index (χ2v) is 8.48. The molecule has 1 fully saturated rings. The number of likely N-dealkylation sites (tertiary alicyclic amines) is 1. The van der Waals surface area contributed by atoms with Crippen molar-refractivity contribution in [1.29, 1.82) is 0 Å². The summed E-state index contributed by atoms with van der Waals surface area (Å²) in [5.41, 5.74) is 3.49. The molecule has 0 radical (unpaired) electrons. The summed E-state index contributed by atoms with van der Waals surface area (Å²) < 4.78 is 7.74. The second kappa shape index (κ2) is 8.95. The first-order valence-electron chi connectivity index (χ1n) is 9.28. The number of piperidine rings is 1. The van der Waals surface area contributed by atoms with Gasteiger partial charge in [0.2, 0.25) is 5.13 Å².